The summed E-state index contributed by atoms with van der Waals surface area (Å²) in [6.07, 6.45) is 26.5. The molecule has 6 aromatic carbocycles. The first-order chi connectivity index (χ1) is 49.5. The van der Waals surface area contributed by atoms with Crippen LogP contribution in [0.3, 0.4) is 0 Å². The Kier molecular flexibility index (Phi) is 14.6. The van der Waals surface area contributed by atoms with Crippen LogP contribution in [0.5, 0.6) is 0 Å². The summed E-state index contributed by atoms with van der Waals surface area (Å²) in [5.41, 5.74) is 21.2. The molecule has 0 radical (unpaired) electrons. The number of hydrogen-bond donors (Lipinski definition) is 0. The predicted octanol–water partition coefficient (Wildman–Crippen LogP) is 19.0. The second-order valence-corrected chi connectivity index (χ2v) is 32.2. The maximum absolute atomic E-state index is 5.98. The maximum Gasteiger partial charge on any atom is 0.205 e. The maximum atomic E-state index is 5.98. The van der Waals surface area contributed by atoms with Crippen LogP contribution in [0.15, 0.2) is 229 Å². The molecule has 0 N–H and O–H groups in total. The molecule has 0 fully saturated rings. The van der Waals surface area contributed by atoms with Crippen LogP contribution in [0.4, 0.5) is 33.6 Å². The molecule has 6 aromatic heterocycles. The Hall–Kier alpha value is -10.1. The zero-order chi connectivity index (χ0) is 69.4. The summed E-state index contributed by atoms with van der Waals surface area (Å²) in [6, 6.07) is 43.2. The van der Waals surface area contributed by atoms with E-state index in [1.54, 1.807) is 11.3 Å². The summed E-state index contributed by atoms with van der Waals surface area (Å²) in [4.78, 5) is 29.9. The number of hydrogen-bond acceptors (Lipinski definition) is 18. The van der Waals surface area contributed by atoms with Gasteiger partial charge in [0.15, 0.2) is 0 Å². The number of anilines is 6. The predicted molar refractivity (Wildman–Crippen MR) is 423 cm³/mol. The fourth-order valence-electron chi connectivity index (χ4n) is 17.5. The average molecular weight is 1410 g/mol. The van der Waals surface area contributed by atoms with Gasteiger partial charge in [-0.25, -0.2) is 0 Å². The number of likely N-dealkylation sites (N-methyl/N-ethyl adjacent to an activating group) is 6. The molecule has 12 aromatic rings. The highest BCUT2D eigenvalue weighted by Gasteiger charge is 2.44. The van der Waals surface area contributed by atoms with Crippen LogP contribution >= 0.6 is 34.0 Å². The molecular formula is C84H84N12O3S3. The molecular weight excluding hydrogens is 1320 g/mol. The van der Waals surface area contributed by atoms with Gasteiger partial charge in [-0.15, -0.1) is 22.7 Å². The van der Waals surface area contributed by atoms with Gasteiger partial charge in [-0.2, -0.15) is 11.3 Å². The number of furan rings is 3. The molecule has 6 unspecified atom stereocenters. The Morgan fingerprint density at radius 3 is 1.42 bits per heavy atom. The van der Waals surface area contributed by atoms with Gasteiger partial charge in [0.05, 0.1) is 23.9 Å². The number of rotatable bonds is 0. The highest BCUT2D eigenvalue weighted by molar-refractivity contribution is 7.23. The van der Waals surface area contributed by atoms with Crippen molar-refractivity contribution < 1.29 is 13.3 Å². The van der Waals surface area contributed by atoms with E-state index < -0.39 is 0 Å². The van der Waals surface area contributed by atoms with Gasteiger partial charge in [-0.1, -0.05) is 66.7 Å². The first-order valence-corrected chi connectivity index (χ1v) is 38.2. The van der Waals surface area contributed by atoms with Crippen molar-refractivity contribution in [2.24, 2.45) is 0 Å². The van der Waals surface area contributed by atoms with Crippen molar-refractivity contribution in [2.45, 2.75) is 117 Å². The Morgan fingerprint density at radius 2 is 0.794 bits per heavy atom. The van der Waals surface area contributed by atoms with Crippen LogP contribution in [0.2, 0.25) is 0 Å². The molecule has 102 heavy (non-hydrogen) atoms. The minimum absolute atomic E-state index is 0.411. The van der Waals surface area contributed by atoms with E-state index in [-0.39, 0.29) is 0 Å². The zero-order valence-electron chi connectivity index (χ0n) is 59.8. The van der Waals surface area contributed by atoms with E-state index in [0.29, 0.717) is 37.0 Å². The monoisotopic (exact) mass is 1400 g/mol. The fraction of sp³-hybridized carbons (Fsp3) is 0.286. The van der Waals surface area contributed by atoms with Crippen LogP contribution in [0, 0.1) is 0 Å². The largest absolute Gasteiger partial charge is 0.471 e. The third kappa shape index (κ3) is 9.74. The van der Waals surface area contributed by atoms with E-state index >= 15 is 0 Å². The summed E-state index contributed by atoms with van der Waals surface area (Å²) in [6.45, 7) is 13.0. The first-order valence-electron chi connectivity index (χ1n) is 35.7. The number of nitrogens with zero attached hydrogens (tertiary/aromatic N) is 12. The number of para-hydroxylation sites is 2. The minimum atomic E-state index is 0.411. The van der Waals surface area contributed by atoms with Crippen LogP contribution in [-0.2, 0) is 38.5 Å². The second-order valence-electron chi connectivity index (χ2n) is 29.3. The van der Waals surface area contributed by atoms with Crippen molar-refractivity contribution in [2.75, 3.05) is 71.7 Å². The average Bonchev–Trinajstić information content (AvgIpc) is 1.61. The van der Waals surface area contributed by atoms with Crippen LogP contribution in [-0.4, -0.2) is 109 Å². The highest BCUT2D eigenvalue weighted by Crippen LogP contribution is 2.52. The summed E-state index contributed by atoms with van der Waals surface area (Å²) >= 11 is 5.66. The smallest absolute Gasteiger partial charge is 0.205 e. The van der Waals surface area contributed by atoms with Crippen LogP contribution < -0.4 is 29.4 Å². The molecule has 12 aliphatic heterocycles. The van der Waals surface area contributed by atoms with E-state index in [2.05, 4.69) is 288 Å². The van der Waals surface area contributed by atoms with E-state index in [4.69, 9.17) is 13.3 Å². The van der Waals surface area contributed by atoms with Crippen LogP contribution in [0.25, 0.3) is 63.7 Å². The number of fused-ring (bicyclic) bond motifs is 28. The standard InChI is InChI=1S/3C14H14N2O.3C14H14N2S/c1-9-6-16-13-4-12-8-17-7-11(12)3-10(13)5-14(16)15(9)2;1-9-8-16-13(15(9)2)7-11-10-5-3-4-6-12(10)17-14(11)16;1-9-8-16-13(15(9)2)7-12-14(16)10-5-3-4-6-11(10)17-12;1-9-6-16-13-4-12-8-17-7-11(12)3-10(13)5-14(16)15(9)2;1-9-8-16-13(15(9)2)7-11-10-5-3-4-6-12(10)17-14(11)16;1-9-8-16-13(15(9)2)7-12-14(16)10-5-3-4-6-11(10)17-12/h3-4,6-8,14H,5H2,1-2H3;2*3-6,8,13H,7H2,1-2H3;3-4,6-8,14H,5H2,1-2H3;2*3-6,8,13H,7H2,1-2H3. The number of allylic oxidation sites excluding steroid dienone is 6. The summed E-state index contributed by atoms with van der Waals surface area (Å²) < 4.78 is 20.0. The van der Waals surface area contributed by atoms with Crippen molar-refractivity contribution in [3.63, 3.8) is 0 Å². The fourth-order valence-corrected chi connectivity index (χ4v) is 20.7. The van der Waals surface area contributed by atoms with E-state index in [1.165, 1.54) is 142 Å². The lowest BCUT2D eigenvalue weighted by Crippen LogP contribution is -2.34. The van der Waals surface area contributed by atoms with Gasteiger partial charge in [-0.3, -0.25) is 4.90 Å². The van der Waals surface area contributed by atoms with Gasteiger partial charge in [0, 0.05) is 210 Å². The van der Waals surface area contributed by atoms with Crippen molar-refractivity contribution in [1.29, 1.82) is 0 Å². The summed E-state index contributed by atoms with van der Waals surface area (Å²) in [5.74, 6) is 2.15. The first kappa shape index (κ1) is 62.8. The Labute approximate surface area is 607 Å². The molecule has 516 valence electrons. The Balaban J connectivity index is 0.0000000847. The van der Waals surface area contributed by atoms with Gasteiger partial charge >= 0.3 is 0 Å². The highest BCUT2D eigenvalue weighted by atomic mass is 32.1. The Bertz CT molecular complexity index is 5190. The molecule has 18 heterocycles. The van der Waals surface area contributed by atoms with Crippen LogP contribution in [0.1, 0.15) is 74.4 Å². The molecule has 24 rings (SSSR count). The van der Waals surface area contributed by atoms with E-state index in [9.17, 15) is 0 Å². The molecule has 0 amide bonds. The molecule has 0 saturated heterocycles. The lowest BCUT2D eigenvalue weighted by Gasteiger charge is -2.25. The normalized spacial score (nSPS) is 22.0. The molecule has 0 spiro atoms. The van der Waals surface area contributed by atoms with Crippen molar-refractivity contribution in [1.82, 2.24) is 29.4 Å². The van der Waals surface area contributed by atoms with Gasteiger partial charge in [-0.05, 0) is 140 Å². The minimum Gasteiger partial charge on any atom is -0.471 e. The van der Waals surface area contributed by atoms with Gasteiger partial charge < -0.3 is 67.2 Å². The number of benzene rings is 6. The Morgan fingerprint density at radius 1 is 0.363 bits per heavy atom. The molecule has 0 bridgehead atoms. The van der Waals surface area contributed by atoms with Crippen molar-refractivity contribution in [3.8, 4) is 0 Å². The summed E-state index contributed by atoms with van der Waals surface area (Å²) in [7, 11) is 13.0. The molecule has 15 nitrogen and oxygen atoms in total. The summed E-state index contributed by atoms with van der Waals surface area (Å²) in [5, 5.41) is 16.4. The van der Waals surface area contributed by atoms with Crippen molar-refractivity contribution in [3.05, 3.63) is 249 Å². The molecule has 0 aliphatic carbocycles. The molecule has 0 saturated carbocycles. The van der Waals surface area contributed by atoms with Gasteiger partial charge in [0.25, 0.3) is 0 Å². The lowest BCUT2D eigenvalue weighted by molar-refractivity contribution is 0.334. The molecule has 12 aliphatic rings. The zero-order valence-corrected chi connectivity index (χ0v) is 62.3. The third-order valence-electron chi connectivity index (χ3n) is 23.7. The quantitative estimate of drug-likeness (QED) is 0.144. The third-order valence-corrected chi connectivity index (χ3v) is 26.9. The molecule has 18 heteroatoms. The molecule has 6 atom stereocenters. The second kappa shape index (κ2) is 23.7. The van der Waals surface area contributed by atoms with E-state index in [0.717, 1.165) is 61.3 Å². The van der Waals surface area contributed by atoms with E-state index in [1.807, 2.05) is 59.5 Å². The topological polar surface area (TPSA) is 78.3 Å². The number of thiophene rings is 3. The van der Waals surface area contributed by atoms with Crippen molar-refractivity contribution >= 4 is 131 Å². The van der Waals surface area contributed by atoms with Gasteiger partial charge in [0.2, 0.25) is 5.88 Å². The lowest BCUT2D eigenvalue weighted by atomic mass is 10.1. The SMILES string of the molecule is CC1=CN2c3c(oc4ccccc34)CC2N1C.CC1=CN2c3c(sc4ccccc34)CC2N1C.CC1=CN2c3cc4cocc4cc3CC2N1C.CC1=CN2c3cc4cscc4cc3CC2N1C.CC1=CN2c3oc4ccccc4c3CC2N1C.CC1=CN2c3sc4ccccc4c3CC2N1C. The van der Waals surface area contributed by atoms with Gasteiger partial charge in [0.1, 0.15) is 58.9 Å².